The van der Waals surface area contributed by atoms with E-state index >= 15 is 4.39 Å². The van der Waals surface area contributed by atoms with Crippen molar-refractivity contribution in [2.24, 2.45) is 0 Å². The van der Waals surface area contributed by atoms with Crippen LogP contribution in [0.2, 0.25) is 0 Å². The Morgan fingerprint density at radius 2 is 1.92 bits per heavy atom. The number of pyridine rings is 1. The second-order valence-electron chi connectivity index (χ2n) is 11.0. The summed E-state index contributed by atoms with van der Waals surface area (Å²) in [6.07, 6.45) is 3.64. The minimum atomic E-state index is -0.310. The third kappa shape index (κ3) is 3.91. The van der Waals surface area contributed by atoms with E-state index in [9.17, 15) is 0 Å². The molecule has 2 aromatic heterocycles. The van der Waals surface area contributed by atoms with Crippen LogP contribution < -0.4 is 9.64 Å². The van der Waals surface area contributed by atoms with Crippen LogP contribution in [-0.4, -0.2) is 77.7 Å². The van der Waals surface area contributed by atoms with E-state index in [0.29, 0.717) is 49.2 Å². The molecule has 0 spiro atoms. The lowest BCUT2D eigenvalue weighted by Gasteiger charge is -2.43. The van der Waals surface area contributed by atoms with E-state index in [1.807, 2.05) is 12.1 Å². The van der Waals surface area contributed by atoms with Gasteiger partial charge in [-0.15, -0.1) is 0 Å². The third-order valence-electron chi connectivity index (χ3n) is 8.67. The average Bonchev–Trinajstić information content (AvgIpc) is 3.63. The molecule has 4 aromatic rings. The zero-order valence-electron chi connectivity index (χ0n) is 21.6. The SMILES string of the molecule is Fc1cccc2c1-c1cc3c(n[nH]c3cn1)-c1ccc(N3CC4CC3CN4C3COC3)c(c1)OCCCOC2. The number of aromatic nitrogens is 3. The number of hydrogen-bond acceptors (Lipinski definition) is 7. The predicted molar refractivity (Wildman–Crippen MR) is 145 cm³/mol. The van der Waals surface area contributed by atoms with E-state index < -0.39 is 0 Å². The standard InChI is InChI=1S/C30H30FN5O3/c31-24-4-1-3-19-15-37-7-2-8-39-28-9-18(30-23-11-25(29(19)24)32-12-26(23)33-34-30)5-6-27(28)36-14-20-10-21(36)13-35(20)22-16-38-17-22/h1,3-6,9,11-12,20-22H,2,7-8,10,13-17H2,(H,33,34). The number of nitrogens with zero attached hydrogens (tertiary/aromatic N) is 4. The van der Waals surface area contributed by atoms with Crippen molar-refractivity contribution in [3.8, 4) is 28.3 Å². The lowest BCUT2D eigenvalue weighted by atomic mass is 10.0. The van der Waals surface area contributed by atoms with Crippen LogP contribution in [0.3, 0.4) is 0 Å². The molecule has 8 nitrogen and oxygen atoms in total. The minimum Gasteiger partial charge on any atom is -0.491 e. The van der Waals surface area contributed by atoms with Gasteiger partial charge in [-0.2, -0.15) is 5.10 Å². The Morgan fingerprint density at radius 3 is 2.77 bits per heavy atom. The third-order valence-corrected chi connectivity index (χ3v) is 8.67. The smallest absolute Gasteiger partial charge is 0.143 e. The molecular formula is C30H30FN5O3. The molecule has 200 valence electrons. The highest BCUT2D eigenvalue weighted by Gasteiger charge is 2.47. The number of H-pyrrole nitrogens is 1. The molecule has 0 saturated carbocycles. The molecule has 4 aliphatic heterocycles. The summed E-state index contributed by atoms with van der Waals surface area (Å²) in [6, 6.07) is 15.0. The van der Waals surface area contributed by atoms with Gasteiger partial charge in [0.25, 0.3) is 0 Å². The number of anilines is 1. The maximum Gasteiger partial charge on any atom is 0.143 e. The molecule has 1 N–H and O–H groups in total. The molecule has 2 unspecified atom stereocenters. The Balaban J connectivity index is 1.19. The maximum absolute atomic E-state index is 15.1. The normalized spacial score (nSPS) is 23.4. The number of halogens is 1. The van der Waals surface area contributed by atoms with Crippen LogP contribution in [0, 0.1) is 5.82 Å². The number of nitrogens with one attached hydrogen (secondary N) is 1. The molecule has 8 rings (SSSR count). The molecule has 39 heavy (non-hydrogen) atoms. The Hall–Kier alpha value is -3.53. The molecule has 0 aliphatic carbocycles. The number of piperazine rings is 1. The number of rotatable bonds is 2. The summed E-state index contributed by atoms with van der Waals surface area (Å²) in [7, 11) is 0. The second kappa shape index (κ2) is 9.29. The topological polar surface area (TPSA) is 75.7 Å². The fourth-order valence-electron chi connectivity index (χ4n) is 6.64. The summed E-state index contributed by atoms with van der Waals surface area (Å²) < 4.78 is 32.9. The first-order chi connectivity index (χ1) is 19.2. The van der Waals surface area contributed by atoms with Gasteiger partial charge in [0.1, 0.15) is 17.3 Å². The Bertz CT molecular complexity index is 1550. The Labute approximate surface area is 225 Å². The van der Waals surface area contributed by atoms with Gasteiger partial charge in [0, 0.05) is 48.1 Å². The van der Waals surface area contributed by atoms with Gasteiger partial charge in [0.2, 0.25) is 0 Å². The van der Waals surface area contributed by atoms with Gasteiger partial charge < -0.3 is 19.1 Å². The molecule has 4 aliphatic rings. The lowest BCUT2D eigenvalue weighted by Crippen LogP contribution is -2.56. The van der Waals surface area contributed by atoms with Crippen molar-refractivity contribution >= 4 is 16.6 Å². The minimum absolute atomic E-state index is 0.309. The summed E-state index contributed by atoms with van der Waals surface area (Å²) in [5.41, 5.74) is 5.51. The molecule has 9 heteroatoms. The highest BCUT2D eigenvalue weighted by molar-refractivity contribution is 5.95. The molecule has 0 radical (unpaired) electrons. The fourth-order valence-corrected chi connectivity index (χ4v) is 6.64. The number of aromatic amines is 1. The summed E-state index contributed by atoms with van der Waals surface area (Å²) in [4.78, 5) is 9.73. The Morgan fingerprint density at radius 1 is 0.974 bits per heavy atom. The van der Waals surface area contributed by atoms with Gasteiger partial charge in [-0.25, -0.2) is 4.39 Å². The van der Waals surface area contributed by atoms with Crippen molar-refractivity contribution < 1.29 is 18.6 Å². The second-order valence-corrected chi connectivity index (χ2v) is 11.0. The number of fused-ring (bicyclic) bond motifs is 8. The molecule has 2 aromatic carbocycles. The first kappa shape index (κ1) is 23.4. The average molecular weight is 528 g/mol. The van der Waals surface area contributed by atoms with E-state index in [4.69, 9.17) is 14.2 Å². The number of likely N-dealkylation sites (tertiary alicyclic amines) is 1. The van der Waals surface area contributed by atoms with E-state index in [0.717, 1.165) is 71.9 Å². The van der Waals surface area contributed by atoms with Gasteiger partial charge in [0.15, 0.2) is 0 Å². The van der Waals surface area contributed by atoms with Gasteiger partial charge in [-0.05, 0) is 36.2 Å². The van der Waals surface area contributed by atoms with Crippen LogP contribution in [0.15, 0.2) is 48.7 Å². The number of hydrogen-bond donors (Lipinski definition) is 1. The van der Waals surface area contributed by atoms with Crippen LogP contribution in [-0.2, 0) is 16.1 Å². The van der Waals surface area contributed by atoms with Crippen LogP contribution in [0.4, 0.5) is 10.1 Å². The van der Waals surface area contributed by atoms with E-state index in [1.165, 1.54) is 12.5 Å². The van der Waals surface area contributed by atoms with E-state index in [-0.39, 0.29) is 5.82 Å². The van der Waals surface area contributed by atoms with Crippen molar-refractivity contribution in [3.63, 3.8) is 0 Å². The van der Waals surface area contributed by atoms with Crippen molar-refractivity contribution in [3.05, 3.63) is 60.0 Å². The largest absolute Gasteiger partial charge is 0.491 e. The van der Waals surface area contributed by atoms with E-state index in [2.05, 4.69) is 43.2 Å². The number of ether oxygens (including phenoxy) is 3. The molecule has 6 heterocycles. The van der Waals surface area contributed by atoms with Gasteiger partial charge in [-0.1, -0.05) is 18.2 Å². The highest BCUT2D eigenvalue weighted by atomic mass is 19.1. The summed E-state index contributed by atoms with van der Waals surface area (Å²) >= 11 is 0. The van der Waals surface area contributed by atoms with Crippen molar-refractivity contribution in [1.29, 1.82) is 0 Å². The van der Waals surface area contributed by atoms with Crippen LogP contribution in [0.25, 0.3) is 33.4 Å². The molecule has 3 saturated heterocycles. The van der Waals surface area contributed by atoms with Crippen LogP contribution >= 0.6 is 0 Å². The van der Waals surface area contributed by atoms with Gasteiger partial charge in [0.05, 0.1) is 62.2 Å². The lowest BCUT2D eigenvalue weighted by molar-refractivity contribution is -0.0708. The van der Waals surface area contributed by atoms with Crippen molar-refractivity contribution in [1.82, 2.24) is 20.1 Å². The van der Waals surface area contributed by atoms with E-state index in [1.54, 1.807) is 12.3 Å². The molecule has 3 fully saturated rings. The first-order valence-electron chi connectivity index (χ1n) is 13.8. The molecule has 0 amide bonds. The fraction of sp³-hybridized carbons (Fsp3) is 0.400. The van der Waals surface area contributed by atoms with Gasteiger partial charge in [-0.3, -0.25) is 15.0 Å². The molecule has 2 atom stereocenters. The van der Waals surface area contributed by atoms with Crippen molar-refractivity contribution in [2.45, 2.75) is 37.6 Å². The Kier molecular flexibility index (Phi) is 5.57. The quantitative estimate of drug-likeness (QED) is 0.414. The van der Waals surface area contributed by atoms with Crippen molar-refractivity contribution in [2.75, 3.05) is 44.4 Å². The summed E-state index contributed by atoms with van der Waals surface area (Å²) in [5.74, 6) is 0.559. The molecular weight excluding hydrogens is 497 g/mol. The maximum atomic E-state index is 15.1. The zero-order chi connectivity index (χ0) is 25.9. The number of benzene rings is 2. The van der Waals surface area contributed by atoms with Crippen LogP contribution in [0.1, 0.15) is 18.4 Å². The molecule has 6 bridgehead atoms. The summed E-state index contributed by atoms with van der Waals surface area (Å²) in [6.45, 7) is 5.16. The zero-order valence-corrected chi connectivity index (χ0v) is 21.6. The summed E-state index contributed by atoms with van der Waals surface area (Å²) in [5, 5.41) is 8.63. The van der Waals surface area contributed by atoms with Gasteiger partial charge >= 0.3 is 0 Å². The highest BCUT2D eigenvalue weighted by Crippen LogP contribution is 2.43. The predicted octanol–water partition coefficient (Wildman–Crippen LogP) is 4.39. The van der Waals surface area contributed by atoms with Crippen LogP contribution in [0.5, 0.6) is 5.75 Å². The first-order valence-corrected chi connectivity index (χ1v) is 13.8. The monoisotopic (exact) mass is 527 g/mol.